The van der Waals surface area contributed by atoms with Crippen molar-refractivity contribution in [3.05, 3.63) is 64.7 Å². The van der Waals surface area contributed by atoms with Crippen LogP contribution in [0.15, 0.2) is 53.4 Å². The number of hydrogen-bond acceptors (Lipinski definition) is 3. The minimum atomic E-state index is -0.552. The van der Waals surface area contributed by atoms with Gasteiger partial charge in [0.25, 0.3) is 0 Å². The predicted octanol–water partition coefficient (Wildman–Crippen LogP) is 5.07. The second-order valence-electron chi connectivity index (χ2n) is 7.24. The summed E-state index contributed by atoms with van der Waals surface area (Å²) < 4.78 is 0. The Labute approximate surface area is 183 Å². The van der Waals surface area contributed by atoms with Gasteiger partial charge in [-0.1, -0.05) is 48.4 Å². The van der Waals surface area contributed by atoms with E-state index in [-0.39, 0.29) is 23.6 Å². The van der Waals surface area contributed by atoms with E-state index in [0.29, 0.717) is 11.6 Å². The highest BCUT2D eigenvalue weighted by Crippen LogP contribution is 2.22. The van der Waals surface area contributed by atoms with Gasteiger partial charge in [-0.2, -0.15) is 0 Å². The number of hydrogen-bond donors (Lipinski definition) is 1. The van der Waals surface area contributed by atoms with Crippen LogP contribution in [0, 0.1) is 6.92 Å². The van der Waals surface area contributed by atoms with Crippen LogP contribution in [0.1, 0.15) is 38.3 Å². The average Bonchev–Trinajstić information content (AvgIpc) is 2.72. The lowest BCUT2D eigenvalue weighted by molar-refractivity contribution is -0.138. The van der Waals surface area contributed by atoms with Gasteiger partial charge in [-0.25, -0.2) is 0 Å². The highest BCUT2D eigenvalue weighted by molar-refractivity contribution is 8.00. The van der Waals surface area contributed by atoms with Gasteiger partial charge in [0.05, 0.1) is 5.75 Å². The summed E-state index contributed by atoms with van der Waals surface area (Å²) in [6, 6.07) is 15.0. The number of thioether (sulfide) groups is 1. The van der Waals surface area contributed by atoms with Gasteiger partial charge in [0, 0.05) is 22.5 Å². The summed E-state index contributed by atoms with van der Waals surface area (Å²) in [5.74, 6) is 0.0580. The molecular weight excluding hydrogens is 404 g/mol. The molecule has 0 heterocycles. The maximum Gasteiger partial charge on any atom is 0.242 e. The van der Waals surface area contributed by atoms with E-state index < -0.39 is 6.04 Å². The molecule has 156 valence electrons. The Morgan fingerprint density at radius 3 is 2.28 bits per heavy atom. The molecule has 0 radical (unpaired) electrons. The van der Waals surface area contributed by atoms with Crippen molar-refractivity contribution >= 4 is 35.2 Å². The number of carbonyl (C=O) groups excluding carboxylic acids is 2. The first kappa shape index (κ1) is 23.3. The molecule has 29 heavy (non-hydrogen) atoms. The normalized spacial score (nSPS) is 12.9. The summed E-state index contributed by atoms with van der Waals surface area (Å²) >= 11 is 7.37. The van der Waals surface area contributed by atoms with E-state index in [9.17, 15) is 9.59 Å². The van der Waals surface area contributed by atoms with Crippen molar-refractivity contribution < 1.29 is 9.59 Å². The molecule has 0 aliphatic heterocycles. The molecule has 2 amide bonds. The molecule has 0 spiro atoms. The number of nitrogens with one attached hydrogen (secondary N) is 1. The lowest BCUT2D eigenvalue weighted by Gasteiger charge is -2.29. The van der Waals surface area contributed by atoms with Gasteiger partial charge in [-0.3, -0.25) is 9.59 Å². The van der Waals surface area contributed by atoms with Crippen LogP contribution < -0.4 is 5.32 Å². The van der Waals surface area contributed by atoms with Crippen molar-refractivity contribution in [2.75, 3.05) is 5.75 Å². The molecule has 4 nitrogen and oxygen atoms in total. The Hall–Kier alpha value is -1.98. The molecule has 0 aliphatic rings. The number of amides is 2. The number of benzene rings is 2. The van der Waals surface area contributed by atoms with Crippen molar-refractivity contribution in [3.63, 3.8) is 0 Å². The van der Waals surface area contributed by atoms with Crippen LogP contribution >= 0.6 is 23.4 Å². The van der Waals surface area contributed by atoms with Crippen LogP contribution in [0.5, 0.6) is 0 Å². The minimum Gasteiger partial charge on any atom is -0.352 e. The molecule has 1 N–H and O–H groups in total. The lowest BCUT2D eigenvalue weighted by atomic mass is 10.1. The van der Waals surface area contributed by atoms with Crippen LogP contribution in [0.4, 0.5) is 0 Å². The van der Waals surface area contributed by atoms with E-state index in [1.54, 1.807) is 24.0 Å². The largest absolute Gasteiger partial charge is 0.352 e. The van der Waals surface area contributed by atoms with Gasteiger partial charge in [-0.15, -0.1) is 11.8 Å². The first-order valence-corrected chi connectivity index (χ1v) is 11.2. The average molecular weight is 433 g/mol. The molecule has 0 bridgehead atoms. The molecule has 0 aliphatic carbocycles. The Morgan fingerprint density at radius 1 is 1.07 bits per heavy atom. The summed E-state index contributed by atoms with van der Waals surface area (Å²) in [6.45, 7) is 8.20. The molecule has 0 saturated carbocycles. The molecule has 0 fully saturated rings. The predicted molar refractivity (Wildman–Crippen MR) is 121 cm³/mol. The van der Waals surface area contributed by atoms with Crippen LogP contribution in [0.25, 0.3) is 0 Å². The smallest absolute Gasteiger partial charge is 0.242 e. The van der Waals surface area contributed by atoms with Crippen LogP contribution in [0.2, 0.25) is 5.02 Å². The first-order valence-electron chi connectivity index (χ1n) is 9.84. The molecule has 2 aromatic rings. The fourth-order valence-electron chi connectivity index (χ4n) is 2.70. The zero-order valence-corrected chi connectivity index (χ0v) is 19.0. The number of nitrogens with zero attached hydrogens (tertiary/aromatic N) is 1. The number of carbonyl (C=O) groups is 2. The molecule has 2 atom stereocenters. The minimum absolute atomic E-state index is 0.0719. The van der Waals surface area contributed by atoms with Crippen LogP contribution in [0.3, 0.4) is 0 Å². The third-order valence-corrected chi connectivity index (χ3v) is 6.07. The third-order valence-electron chi connectivity index (χ3n) is 4.82. The van der Waals surface area contributed by atoms with Gasteiger partial charge in [0.1, 0.15) is 6.04 Å². The summed E-state index contributed by atoms with van der Waals surface area (Å²) in [6.07, 6.45) is 0.844. The molecule has 0 saturated heterocycles. The van der Waals surface area contributed by atoms with Crippen LogP contribution in [-0.2, 0) is 16.1 Å². The van der Waals surface area contributed by atoms with E-state index in [0.717, 1.165) is 22.4 Å². The second-order valence-corrected chi connectivity index (χ2v) is 8.73. The maximum atomic E-state index is 13.1. The second kappa shape index (κ2) is 11.3. The zero-order valence-electron chi connectivity index (χ0n) is 17.4. The molecule has 2 rings (SSSR count). The topological polar surface area (TPSA) is 49.4 Å². The van der Waals surface area contributed by atoms with E-state index in [2.05, 4.69) is 5.32 Å². The zero-order chi connectivity index (χ0) is 21.4. The van der Waals surface area contributed by atoms with Gasteiger partial charge < -0.3 is 10.2 Å². The van der Waals surface area contributed by atoms with E-state index in [4.69, 9.17) is 11.6 Å². The number of aryl methyl sites for hydroxylation is 1. The molecular formula is C23H29ClN2O2S. The Balaban J connectivity index is 2.13. The number of rotatable bonds is 9. The third kappa shape index (κ3) is 7.41. The highest BCUT2D eigenvalue weighted by atomic mass is 35.5. The maximum absolute atomic E-state index is 13.1. The van der Waals surface area contributed by atoms with E-state index in [1.165, 1.54) is 11.8 Å². The van der Waals surface area contributed by atoms with Gasteiger partial charge in [-0.05, 0) is 57.0 Å². The standard InChI is InChI=1S/C23H29ClN2O2S/c1-5-17(3)25-23(28)18(4)26(14-19-8-6-16(2)7-9-19)22(27)15-29-21-12-10-20(24)11-13-21/h6-13,17-18H,5,14-15H2,1-4H3,(H,25,28)/t17-,18-/m1/s1. The quantitative estimate of drug-likeness (QED) is 0.562. The monoisotopic (exact) mass is 432 g/mol. The molecule has 2 aromatic carbocycles. The Bertz CT molecular complexity index is 809. The van der Waals surface area contributed by atoms with Gasteiger partial charge >= 0.3 is 0 Å². The number of halogens is 1. The van der Waals surface area contributed by atoms with E-state index >= 15 is 0 Å². The summed E-state index contributed by atoms with van der Waals surface area (Å²) in [5, 5.41) is 3.65. The van der Waals surface area contributed by atoms with Crippen molar-refractivity contribution in [1.29, 1.82) is 0 Å². The van der Waals surface area contributed by atoms with E-state index in [1.807, 2.05) is 57.2 Å². The summed E-state index contributed by atoms with van der Waals surface area (Å²) in [4.78, 5) is 28.4. The summed E-state index contributed by atoms with van der Waals surface area (Å²) in [7, 11) is 0. The molecule has 0 aromatic heterocycles. The van der Waals surface area contributed by atoms with Gasteiger partial charge in [0.15, 0.2) is 0 Å². The fourth-order valence-corrected chi connectivity index (χ4v) is 3.61. The highest BCUT2D eigenvalue weighted by Gasteiger charge is 2.26. The lowest BCUT2D eigenvalue weighted by Crippen LogP contribution is -2.50. The van der Waals surface area contributed by atoms with Crippen molar-refractivity contribution in [2.45, 2.75) is 57.6 Å². The molecule has 0 unspecified atom stereocenters. The van der Waals surface area contributed by atoms with Gasteiger partial charge in [0.2, 0.25) is 11.8 Å². The fraction of sp³-hybridized carbons (Fsp3) is 0.391. The van der Waals surface area contributed by atoms with Crippen molar-refractivity contribution in [1.82, 2.24) is 10.2 Å². The first-order chi connectivity index (χ1) is 13.8. The summed E-state index contributed by atoms with van der Waals surface area (Å²) in [5.41, 5.74) is 2.16. The Kier molecular flexibility index (Phi) is 9.05. The van der Waals surface area contributed by atoms with Crippen LogP contribution in [-0.4, -0.2) is 34.6 Å². The Morgan fingerprint density at radius 2 is 1.69 bits per heavy atom. The molecule has 6 heteroatoms. The van der Waals surface area contributed by atoms with Crippen molar-refractivity contribution in [3.8, 4) is 0 Å². The van der Waals surface area contributed by atoms with Crippen molar-refractivity contribution in [2.24, 2.45) is 0 Å². The SMILES string of the molecule is CC[C@@H](C)NC(=O)[C@@H](C)N(Cc1ccc(C)cc1)C(=O)CSc1ccc(Cl)cc1.